The lowest BCUT2D eigenvalue weighted by Crippen LogP contribution is -2.37. The van der Waals surface area contributed by atoms with Gasteiger partial charge >= 0.3 is 5.82 Å². The van der Waals surface area contributed by atoms with Gasteiger partial charge in [-0.15, -0.1) is 0 Å². The number of nitrogen functional groups attached to an aromatic ring is 1. The second kappa shape index (κ2) is 9.55. The lowest BCUT2D eigenvalue weighted by Gasteiger charge is -2.22. The zero-order valence-corrected chi connectivity index (χ0v) is 20.3. The predicted molar refractivity (Wildman–Crippen MR) is 134 cm³/mol. The van der Waals surface area contributed by atoms with Crippen LogP contribution in [0.1, 0.15) is 23.4 Å². The number of aryl methyl sites for hydroxylation is 1. The largest absolute Gasteiger partial charge is 0.383 e. The minimum atomic E-state index is -0.839. The average molecular weight is 505 g/mol. The zero-order valence-electron chi connectivity index (χ0n) is 20.3. The van der Waals surface area contributed by atoms with Crippen LogP contribution in [0.4, 0.5) is 20.4 Å². The van der Waals surface area contributed by atoms with Crippen LogP contribution in [0.3, 0.4) is 0 Å². The fourth-order valence-electron chi connectivity index (χ4n) is 4.79. The number of hydrogen-bond donors (Lipinski definition) is 2. The normalized spacial score (nSPS) is 19.6. The summed E-state index contributed by atoms with van der Waals surface area (Å²) in [5.74, 6) is 4.77. The van der Waals surface area contributed by atoms with Crippen molar-refractivity contribution in [2.75, 3.05) is 26.0 Å². The number of nitrogens with zero attached hydrogens (tertiary/aromatic N) is 5. The maximum Gasteiger partial charge on any atom is 0.341 e. The summed E-state index contributed by atoms with van der Waals surface area (Å²) in [6, 6.07) is 1.08. The van der Waals surface area contributed by atoms with Gasteiger partial charge < -0.3 is 20.4 Å². The number of benzene rings is 1. The van der Waals surface area contributed by atoms with E-state index in [1.807, 2.05) is 6.21 Å². The van der Waals surface area contributed by atoms with Gasteiger partial charge in [0.05, 0.1) is 35.5 Å². The number of carbonyl (C=O) groups excluding carboxylic acids is 1. The molecular formula is C26H24F2N7O2+. The number of likely N-dealkylation sites (tertiary alicyclic amines) is 1. The van der Waals surface area contributed by atoms with E-state index >= 15 is 4.39 Å². The molecule has 1 amide bonds. The van der Waals surface area contributed by atoms with Gasteiger partial charge in [0.25, 0.3) is 0 Å². The molecule has 2 aromatic heterocycles. The number of ether oxygens (including phenoxy) is 1. The number of fused-ring (bicyclic) bond motifs is 2. The molecular weight excluding hydrogens is 480 g/mol. The number of nitrogens with two attached hydrogens (primary N) is 1. The molecule has 1 fully saturated rings. The summed E-state index contributed by atoms with van der Waals surface area (Å²) >= 11 is 0. The molecule has 0 spiro atoms. The molecule has 2 atom stereocenters. The Bertz CT molecular complexity index is 1560. The van der Waals surface area contributed by atoms with Crippen molar-refractivity contribution < 1.29 is 22.9 Å². The van der Waals surface area contributed by atoms with Gasteiger partial charge in [-0.3, -0.25) is 4.79 Å². The molecule has 1 unspecified atom stereocenters. The van der Waals surface area contributed by atoms with E-state index in [-0.39, 0.29) is 34.7 Å². The van der Waals surface area contributed by atoms with Crippen LogP contribution >= 0.6 is 0 Å². The lowest BCUT2D eigenvalue weighted by atomic mass is 10.1. The quantitative estimate of drug-likeness (QED) is 0.321. The average Bonchev–Trinajstić information content (AvgIpc) is 3.55. The third kappa shape index (κ3) is 4.36. The van der Waals surface area contributed by atoms with Gasteiger partial charge in [-0.05, 0) is 24.4 Å². The SMILES string of the molecule is C=CC(=O)N1CC(C=[N+]2C=C(C#Cc3c(F)cc4[nH]c(C)nc4c3F)c3c(N)ncnc32)C[C@@H]1COC. The van der Waals surface area contributed by atoms with E-state index in [4.69, 9.17) is 10.5 Å². The summed E-state index contributed by atoms with van der Waals surface area (Å²) < 4.78 is 36.8. The van der Waals surface area contributed by atoms with Gasteiger partial charge in [0.15, 0.2) is 5.82 Å². The Kier molecular flexibility index (Phi) is 6.27. The molecule has 3 N–H and O–H groups in total. The molecule has 37 heavy (non-hydrogen) atoms. The molecule has 4 heterocycles. The van der Waals surface area contributed by atoms with Crippen molar-refractivity contribution in [3.8, 4) is 11.8 Å². The molecule has 1 saturated heterocycles. The summed E-state index contributed by atoms with van der Waals surface area (Å²) in [4.78, 5) is 29.4. The van der Waals surface area contributed by atoms with Crippen LogP contribution in [-0.4, -0.2) is 67.8 Å². The highest BCUT2D eigenvalue weighted by atomic mass is 19.1. The van der Waals surface area contributed by atoms with Crippen LogP contribution in [0.25, 0.3) is 16.6 Å². The smallest absolute Gasteiger partial charge is 0.341 e. The number of hydrogen-bond acceptors (Lipinski definition) is 6. The molecule has 5 rings (SSSR count). The van der Waals surface area contributed by atoms with Gasteiger partial charge in [0.2, 0.25) is 12.2 Å². The van der Waals surface area contributed by atoms with Gasteiger partial charge in [0, 0.05) is 25.6 Å². The molecule has 0 saturated carbocycles. The van der Waals surface area contributed by atoms with Crippen molar-refractivity contribution in [1.82, 2.24) is 24.8 Å². The van der Waals surface area contributed by atoms with Crippen LogP contribution in [0, 0.1) is 36.3 Å². The fourth-order valence-corrected chi connectivity index (χ4v) is 4.79. The molecule has 0 radical (unpaired) electrons. The third-order valence-electron chi connectivity index (χ3n) is 6.38. The first-order chi connectivity index (χ1) is 17.8. The van der Waals surface area contributed by atoms with Crippen molar-refractivity contribution in [3.63, 3.8) is 0 Å². The Morgan fingerprint density at radius 3 is 2.97 bits per heavy atom. The minimum Gasteiger partial charge on any atom is -0.383 e. The number of aromatic nitrogens is 4. The highest BCUT2D eigenvalue weighted by Crippen LogP contribution is 2.35. The molecule has 3 aromatic rings. The van der Waals surface area contributed by atoms with Crippen LogP contribution in [0.5, 0.6) is 0 Å². The maximum absolute atomic E-state index is 15.0. The van der Waals surface area contributed by atoms with E-state index < -0.39 is 17.2 Å². The third-order valence-corrected chi connectivity index (χ3v) is 6.38. The van der Waals surface area contributed by atoms with Gasteiger partial charge in [-0.2, -0.15) is 4.98 Å². The summed E-state index contributed by atoms with van der Waals surface area (Å²) in [6.07, 6.45) is 6.92. The molecule has 11 heteroatoms. The Morgan fingerprint density at radius 1 is 1.41 bits per heavy atom. The monoisotopic (exact) mass is 504 g/mol. The van der Waals surface area contributed by atoms with E-state index in [9.17, 15) is 9.18 Å². The number of rotatable bonds is 4. The molecule has 2 aliphatic rings. The van der Waals surface area contributed by atoms with E-state index in [1.54, 1.807) is 29.7 Å². The molecule has 188 valence electrons. The van der Waals surface area contributed by atoms with Gasteiger partial charge in [-0.1, -0.05) is 18.4 Å². The van der Waals surface area contributed by atoms with Crippen LogP contribution < -0.4 is 5.73 Å². The number of nitrogens with one attached hydrogen (secondary N) is 1. The number of anilines is 1. The number of amides is 1. The first-order valence-electron chi connectivity index (χ1n) is 11.5. The highest BCUT2D eigenvalue weighted by Gasteiger charge is 2.36. The molecule has 9 nitrogen and oxygen atoms in total. The Balaban J connectivity index is 1.53. The van der Waals surface area contributed by atoms with Crippen molar-refractivity contribution in [3.05, 3.63) is 59.8 Å². The summed E-state index contributed by atoms with van der Waals surface area (Å²) in [7, 11) is 1.59. The number of carbonyl (C=O) groups is 1. The van der Waals surface area contributed by atoms with Crippen molar-refractivity contribution in [2.24, 2.45) is 5.92 Å². The Morgan fingerprint density at radius 2 is 2.22 bits per heavy atom. The summed E-state index contributed by atoms with van der Waals surface area (Å²) in [5.41, 5.74) is 6.90. The standard InChI is InChI=1S/C26H24F2N7O2/c1-4-21(36)35-10-15(7-17(35)12-37-3)9-34-11-16(22-25(29)30-13-31-26(22)34)5-6-18-19(27)8-20-24(23(18)28)33-14(2)32-20/h4,8-9,11,13,15,17H,1,7,10,12H2,2-3H3,(H,32,33)(H2,29,30,31)/q+1/t15?,17-/m1/s1. The summed E-state index contributed by atoms with van der Waals surface area (Å²) in [6.45, 7) is 6.12. The van der Waals surface area contributed by atoms with Crippen LogP contribution in [0.15, 0.2) is 31.2 Å². The molecule has 1 aromatic carbocycles. The van der Waals surface area contributed by atoms with Crippen LogP contribution in [0.2, 0.25) is 0 Å². The van der Waals surface area contributed by atoms with Crippen molar-refractivity contribution in [2.45, 2.75) is 19.4 Å². The lowest BCUT2D eigenvalue weighted by molar-refractivity contribution is -0.357. The van der Waals surface area contributed by atoms with E-state index in [1.165, 1.54) is 18.5 Å². The summed E-state index contributed by atoms with van der Waals surface area (Å²) in [5, 5.41) is 0. The highest BCUT2D eigenvalue weighted by molar-refractivity contribution is 5.91. The van der Waals surface area contributed by atoms with E-state index in [0.29, 0.717) is 42.4 Å². The van der Waals surface area contributed by atoms with Crippen molar-refractivity contribution in [1.29, 1.82) is 0 Å². The second-order valence-electron chi connectivity index (χ2n) is 8.87. The first kappa shape index (κ1) is 24.3. The molecule has 2 aliphatic heterocycles. The van der Waals surface area contributed by atoms with Gasteiger partial charge in [0.1, 0.15) is 34.7 Å². The number of H-pyrrole nitrogens is 1. The maximum atomic E-state index is 15.0. The second-order valence-corrected chi connectivity index (χ2v) is 8.87. The van der Waals surface area contributed by atoms with Crippen molar-refractivity contribution >= 4 is 40.4 Å². The number of halogens is 2. The van der Waals surface area contributed by atoms with E-state index in [2.05, 4.69) is 38.4 Å². The van der Waals surface area contributed by atoms with Crippen LogP contribution in [-0.2, 0) is 9.53 Å². The van der Waals surface area contributed by atoms with E-state index in [0.717, 1.165) is 0 Å². The number of methoxy groups -OCH3 is 1. The fraction of sp³-hybridized carbons (Fsp3) is 0.269. The topological polar surface area (TPSA) is 113 Å². The Hall–Kier alpha value is -4.43. The number of allylic oxidation sites excluding steroid dienone is 1. The number of aromatic amines is 1. The van der Waals surface area contributed by atoms with Gasteiger partial charge in [-0.25, -0.2) is 18.3 Å². The molecule has 0 bridgehead atoms. The minimum absolute atomic E-state index is 0.0168. The predicted octanol–water partition coefficient (Wildman–Crippen LogP) is 2.69. The zero-order chi connectivity index (χ0) is 26.3. The first-order valence-corrected chi connectivity index (χ1v) is 11.5. The molecule has 0 aliphatic carbocycles. The Labute approximate surface area is 211 Å². The number of imidazole rings is 1.